The van der Waals surface area contributed by atoms with Crippen LogP contribution in [0.2, 0.25) is 10.0 Å². The Morgan fingerprint density at radius 3 is 2.38 bits per heavy atom. The summed E-state index contributed by atoms with van der Waals surface area (Å²) in [5, 5.41) is 23.0. The quantitative estimate of drug-likeness (QED) is 0.214. The number of hydrogen-bond acceptors (Lipinski definition) is 7. The van der Waals surface area contributed by atoms with Crippen LogP contribution in [-0.2, 0) is 0 Å². The van der Waals surface area contributed by atoms with E-state index in [9.17, 15) is 20.2 Å². The van der Waals surface area contributed by atoms with Gasteiger partial charge in [-0.15, -0.1) is 0 Å². The second-order valence-electron chi connectivity index (χ2n) is 6.44. The largest absolute Gasteiger partial charge is 0.493 e. The predicted molar refractivity (Wildman–Crippen MR) is 121 cm³/mol. The molecule has 164 valence electrons. The zero-order valence-electron chi connectivity index (χ0n) is 16.7. The van der Waals surface area contributed by atoms with Crippen LogP contribution in [0.3, 0.4) is 0 Å². The number of hydrogen-bond donors (Lipinski definition) is 0. The monoisotopic (exact) mass is 475 g/mol. The maximum absolute atomic E-state index is 11.4. The van der Waals surface area contributed by atoms with Gasteiger partial charge in [0.15, 0.2) is 11.5 Å². The average molecular weight is 476 g/mol. The molecule has 0 saturated heterocycles. The van der Waals surface area contributed by atoms with Crippen molar-refractivity contribution < 1.29 is 19.3 Å². The number of methoxy groups -OCH3 is 1. The van der Waals surface area contributed by atoms with E-state index < -0.39 is 21.2 Å². The number of nitro groups is 2. The van der Waals surface area contributed by atoms with Crippen LogP contribution in [0.25, 0.3) is 0 Å². The molecule has 0 fully saturated rings. The Morgan fingerprint density at radius 1 is 0.969 bits per heavy atom. The highest BCUT2D eigenvalue weighted by atomic mass is 35.5. The zero-order chi connectivity index (χ0) is 23.4. The van der Waals surface area contributed by atoms with Crippen LogP contribution in [0, 0.1) is 27.2 Å². The highest BCUT2D eigenvalue weighted by Crippen LogP contribution is 2.42. The van der Waals surface area contributed by atoms with Gasteiger partial charge in [-0.3, -0.25) is 25.2 Å². The van der Waals surface area contributed by atoms with E-state index in [4.69, 9.17) is 32.7 Å². The Hall–Kier alpha value is -3.69. The van der Waals surface area contributed by atoms with Crippen LogP contribution in [0.15, 0.2) is 53.5 Å². The summed E-state index contributed by atoms with van der Waals surface area (Å²) in [4.78, 5) is 25.2. The summed E-state index contributed by atoms with van der Waals surface area (Å²) < 4.78 is 11.0. The predicted octanol–water partition coefficient (Wildman–Crippen LogP) is 6.67. The fraction of sp³-hybridized carbons (Fsp3) is 0.0952. The highest BCUT2D eigenvalue weighted by molar-refractivity contribution is 6.32. The van der Waals surface area contributed by atoms with E-state index in [2.05, 4.69) is 4.99 Å². The van der Waals surface area contributed by atoms with Crippen molar-refractivity contribution in [1.29, 1.82) is 0 Å². The van der Waals surface area contributed by atoms with Gasteiger partial charge in [0.25, 0.3) is 5.69 Å². The molecule has 9 nitrogen and oxygen atoms in total. The molecule has 0 unspecified atom stereocenters. The topological polar surface area (TPSA) is 117 Å². The smallest absolute Gasteiger partial charge is 0.318 e. The van der Waals surface area contributed by atoms with Gasteiger partial charge in [0, 0.05) is 17.3 Å². The third kappa shape index (κ3) is 4.96. The van der Waals surface area contributed by atoms with Crippen LogP contribution in [0.5, 0.6) is 17.2 Å². The van der Waals surface area contributed by atoms with E-state index in [1.54, 1.807) is 30.5 Å². The van der Waals surface area contributed by atoms with Gasteiger partial charge < -0.3 is 9.47 Å². The molecule has 0 aliphatic heterocycles. The maximum atomic E-state index is 11.4. The van der Waals surface area contributed by atoms with E-state index >= 15 is 0 Å². The number of halogens is 2. The number of nitro benzene ring substituents is 2. The summed E-state index contributed by atoms with van der Waals surface area (Å²) in [7, 11) is 1.38. The fourth-order valence-corrected chi connectivity index (χ4v) is 3.18. The summed E-state index contributed by atoms with van der Waals surface area (Å²) in [5.74, 6) is -0.0200. The fourth-order valence-electron chi connectivity index (χ4n) is 2.75. The first-order chi connectivity index (χ1) is 15.2. The zero-order valence-corrected chi connectivity index (χ0v) is 18.3. The molecule has 3 rings (SSSR count). The van der Waals surface area contributed by atoms with E-state index in [1.807, 2.05) is 13.0 Å². The first-order valence-corrected chi connectivity index (χ1v) is 9.74. The molecule has 0 aliphatic rings. The lowest BCUT2D eigenvalue weighted by Gasteiger charge is -2.13. The van der Waals surface area contributed by atoms with Gasteiger partial charge in [0.05, 0.1) is 33.7 Å². The summed E-state index contributed by atoms with van der Waals surface area (Å²) in [6.45, 7) is 1.84. The van der Waals surface area contributed by atoms with E-state index in [1.165, 1.54) is 7.11 Å². The van der Waals surface area contributed by atoms with Crippen molar-refractivity contribution in [2.75, 3.05) is 7.11 Å². The van der Waals surface area contributed by atoms with E-state index in [-0.39, 0.29) is 22.3 Å². The lowest BCUT2D eigenvalue weighted by molar-refractivity contribution is -0.394. The van der Waals surface area contributed by atoms with Gasteiger partial charge >= 0.3 is 5.69 Å². The highest BCUT2D eigenvalue weighted by Gasteiger charge is 2.23. The normalized spacial score (nSPS) is 10.9. The van der Waals surface area contributed by atoms with Crippen LogP contribution in [0.4, 0.5) is 17.1 Å². The summed E-state index contributed by atoms with van der Waals surface area (Å²) in [6.07, 6.45) is 1.56. The van der Waals surface area contributed by atoms with Crippen LogP contribution < -0.4 is 9.47 Å². The third-order valence-corrected chi connectivity index (χ3v) is 5.10. The molecule has 0 atom stereocenters. The summed E-state index contributed by atoms with van der Waals surface area (Å²) >= 11 is 12.5. The Bertz CT molecular complexity index is 1250. The van der Waals surface area contributed by atoms with E-state index in [0.717, 1.165) is 23.8 Å². The number of aliphatic imine (C=N–C) groups is 1. The lowest BCUT2D eigenvalue weighted by Crippen LogP contribution is -1.98. The average Bonchev–Trinajstić information content (AvgIpc) is 2.76. The molecule has 0 N–H and O–H groups in total. The Kier molecular flexibility index (Phi) is 6.92. The first kappa shape index (κ1) is 23.0. The van der Waals surface area contributed by atoms with Gasteiger partial charge in [-0.2, -0.15) is 0 Å². The number of non-ortho nitro benzene ring substituents is 1. The molecule has 0 radical (unpaired) electrons. The minimum atomic E-state index is -0.781. The van der Waals surface area contributed by atoms with Crippen molar-refractivity contribution in [1.82, 2.24) is 0 Å². The molecule has 0 saturated carbocycles. The van der Waals surface area contributed by atoms with E-state index in [0.29, 0.717) is 16.3 Å². The van der Waals surface area contributed by atoms with Crippen LogP contribution in [-0.4, -0.2) is 23.2 Å². The second kappa shape index (κ2) is 9.63. The van der Waals surface area contributed by atoms with Gasteiger partial charge in [-0.05, 0) is 48.4 Å². The summed E-state index contributed by atoms with van der Waals surface area (Å²) in [5.41, 5.74) is 1.05. The van der Waals surface area contributed by atoms with Crippen molar-refractivity contribution >= 4 is 46.5 Å². The number of nitrogens with zero attached hydrogens (tertiary/aromatic N) is 3. The van der Waals surface area contributed by atoms with Gasteiger partial charge in [0.1, 0.15) is 0 Å². The number of rotatable bonds is 7. The molecule has 3 aromatic carbocycles. The van der Waals surface area contributed by atoms with Crippen molar-refractivity contribution in [2.45, 2.75) is 6.92 Å². The van der Waals surface area contributed by atoms with Crippen molar-refractivity contribution in [3.63, 3.8) is 0 Å². The third-order valence-electron chi connectivity index (χ3n) is 4.41. The standard InChI is InChI=1S/C21H15Cl2N3O6/c1-12-15(22)4-3-5-17(12)24-11-13-8-16(23)21(20(9-13)31-2)32-19-7-6-14(25(27)28)10-18(19)26(29)30/h3-11H,1-2H3. The molecule has 0 aliphatic carbocycles. The molecule has 0 aromatic heterocycles. The molecular weight excluding hydrogens is 461 g/mol. The maximum Gasteiger partial charge on any atom is 0.318 e. The Balaban J connectivity index is 1.97. The molecule has 0 bridgehead atoms. The molecule has 11 heteroatoms. The van der Waals surface area contributed by atoms with Crippen molar-refractivity contribution in [3.05, 3.63) is 89.9 Å². The summed E-state index contributed by atoms with van der Waals surface area (Å²) in [6, 6.07) is 11.5. The number of benzene rings is 3. The van der Waals surface area contributed by atoms with Gasteiger partial charge in [0.2, 0.25) is 5.75 Å². The van der Waals surface area contributed by atoms with Crippen LogP contribution >= 0.6 is 23.2 Å². The first-order valence-electron chi connectivity index (χ1n) is 8.98. The molecule has 3 aromatic rings. The molecule has 0 amide bonds. The Morgan fingerprint density at radius 2 is 1.72 bits per heavy atom. The van der Waals surface area contributed by atoms with Crippen molar-refractivity contribution in [2.24, 2.45) is 4.99 Å². The molecular formula is C21H15Cl2N3O6. The molecule has 32 heavy (non-hydrogen) atoms. The minimum Gasteiger partial charge on any atom is -0.493 e. The Labute approximate surface area is 192 Å². The van der Waals surface area contributed by atoms with Gasteiger partial charge in [-0.25, -0.2) is 0 Å². The second-order valence-corrected chi connectivity index (χ2v) is 7.26. The SMILES string of the molecule is COc1cc(C=Nc2cccc(Cl)c2C)cc(Cl)c1Oc1ccc([N+](=O)[O-])cc1[N+](=O)[O-]. The molecule has 0 spiro atoms. The lowest BCUT2D eigenvalue weighted by atomic mass is 10.2. The van der Waals surface area contributed by atoms with Crippen molar-refractivity contribution in [3.8, 4) is 17.2 Å². The van der Waals surface area contributed by atoms with Gasteiger partial charge in [-0.1, -0.05) is 29.3 Å². The minimum absolute atomic E-state index is 0.0159. The number of ether oxygens (including phenoxy) is 2. The van der Waals surface area contributed by atoms with Crippen LogP contribution in [0.1, 0.15) is 11.1 Å². The molecule has 0 heterocycles.